The van der Waals surface area contributed by atoms with Crippen LogP contribution in [0.3, 0.4) is 0 Å². The molecule has 1 heterocycles. The van der Waals surface area contributed by atoms with Crippen LogP contribution in [0.5, 0.6) is 17.2 Å². The van der Waals surface area contributed by atoms with Gasteiger partial charge in [-0.1, -0.05) is 6.07 Å². The van der Waals surface area contributed by atoms with Gasteiger partial charge < -0.3 is 24.4 Å². The van der Waals surface area contributed by atoms with E-state index in [1.54, 1.807) is 11.9 Å². The number of benzene rings is 2. The first-order chi connectivity index (χ1) is 12.3. The highest BCUT2D eigenvalue weighted by molar-refractivity contribution is 7.80. The molecule has 0 fully saturated rings. The summed E-state index contributed by atoms with van der Waals surface area (Å²) >= 11 is 5.33. The Hall–Kier alpha value is -2.68. The van der Waals surface area contributed by atoms with E-state index in [0.29, 0.717) is 28.8 Å². The van der Waals surface area contributed by atoms with Crippen molar-refractivity contribution in [3.63, 3.8) is 0 Å². The van der Waals surface area contributed by atoms with E-state index in [9.17, 15) is 13.2 Å². The molecule has 1 aliphatic heterocycles. The van der Waals surface area contributed by atoms with Gasteiger partial charge in [-0.25, -0.2) is 0 Å². The fourth-order valence-electron chi connectivity index (χ4n) is 2.34. The van der Waals surface area contributed by atoms with Gasteiger partial charge in [0, 0.05) is 19.3 Å². The van der Waals surface area contributed by atoms with Gasteiger partial charge in [-0.05, 0) is 54.2 Å². The van der Waals surface area contributed by atoms with Gasteiger partial charge in [-0.15, -0.1) is 13.2 Å². The maximum atomic E-state index is 12.2. The fraction of sp³-hybridized carbons (Fsp3) is 0.235. The van der Waals surface area contributed by atoms with Crippen LogP contribution in [0.2, 0.25) is 0 Å². The average molecular weight is 384 g/mol. The van der Waals surface area contributed by atoms with E-state index in [1.165, 1.54) is 24.3 Å². The number of nitrogens with zero attached hydrogens (tertiary/aromatic N) is 1. The van der Waals surface area contributed by atoms with Crippen molar-refractivity contribution in [1.29, 1.82) is 0 Å². The largest absolute Gasteiger partial charge is 0.573 e. The molecule has 0 saturated carbocycles. The number of hydrogen-bond acceptors (Lipinski definition) is 4. The lowest BCUT2D eigenvalue weighted by Crippen LogP contribution is -2.30. The summed E-state index contributed by atoms with van der Waals surface area (Å²) in [6.45, 7) is 0.736. The lowest BCUT2D eigenvalue weighted by molar-refractivity contribution is -0.274. The maximum Gasteiger partial charge on any atom is 0.573 e. The number of fused-ring (bicyclic) bond motifs is 1. The Bertz CT molecular complexity index is 797. The summed E-state index contributed by atoms with van der Waals surface area (Å²) in [6, 6.07) is 11.0. The number of nitrogens with one attached hydrogen (secondary N) is 1. The molecule has 0 aromatic heterocycles. The van der Waals surface area contributed by atoms with Crippen LogP contribution in [-0.4, -0.2) is 30.2 Å². The van der Waals surface area contributed by atoms with Crippen LogP contribution in [0.1, 0.15) is 5.56 Å². The fourth-order valence-corrected chi connectivity index (χ4v) is 2.53. The molecule has 1 N–H and O–H groups in total. The predicted octanol–water partition coefficient (Wildman–Crippen LogP) is 4.14. The van der Waals surface area contributed by atoms with Gasteiger partial charge in [-0.3, -0.25) is 0 Å². The second-order valence-electron chi connectivity index (χ2n) is 5.55. The van der Waals surface area contributed by atoms with Crippen LogP contribution < -0.4 is 19.5 Å². The first kappa shape index (κ1) is 18.1. The molecule has 26 heavy (non-hydrogen) atoms. The molecule has 5 nitrogen and oxygen atoms in total. The number of rotatable bonds is 4. The van der Waals surface area contributed by atoms with Crippen molar-refractivity contribution in [2.45, 2.75) is 12.9 Å². The Balaban J connectivity index is 1.57. The molecule has 2 aromatic carbocycles. The monoisotopic (exact) mass is 384 g/mol. The molecule has 138 valence electrons. The minimum Gasteiger partial charge on any atom is -0.454 e. The van der Waals surface area contributed by atoms with Gasteiger partial charge in [0.05, 0.1) is 0 Å². The lowest BCUT2D eigenvalue weighted by atomic mass is 10.2. The summed E-state index contributed by atoms with van der Waals surface area (Å²) < 4.78 is 50.9. The summed E-state index contributed by atoms with van der Waals surface area (Å²) in [5.41, 5.74) is 1.54. The number of halogens is 3. The van der Waals surface area contributed by atoms with E-state index in [-0.39, 0.29) is 12.5 Å². The second-order valence-corrected chi connectivity index (χ2v) is 5.93. The van der Waals surface area contributed by atoms with Crippen molar-refractivity contribution in [1.82, 2.24) is 4.90 Å². The second kappa shape index (κ2) is 7.28. The number of thiocarbonyl (C=S) groups is 1. The van der Waals surface area contributed by atoms with Crippen LogP contribution in [0.15, 0.2) is 42.5 Å². The molecule has 0 atom stereocenters. The molecule has 3 rings (SSSR count). The minimum absolute atomic E-state index is 0.211. The molecule has 0 saturated heterocycles. The Labute approximate surface area is 153 Å². The summed E-state index contributed by atoms with van der Waals surface area (Å²) in [6.07, 6.45) is -4.71. The summed E-state index contributed by atoms with van der Waals surface area (Å²) in [7, 11) is 1.81. The first-order valence-corrected chi connectivity index (χ1v) is 7.97. The zero-order valence-electron chi connectivity index (χ0n) is 13.7. The normalized spacial score (nSPS) is 12.6. The molecular weight excluding hydrogens is 369 g/mol. The highest BCUT2D eigenvalue weighted by Gasteiger charge is 2.30. The molecule has 1 aliphatic rings. The average Bonchev–Trinajstić information content (AvgIpc) is 3.03. The van der Waals surface area contributed by atoms with E-state index in [2.05, 4.69) is 10.1 Å². The lowest BCUT2D eigenvalue weighted by Gasteiger charge is -2.21. The first-order valence-electron chi connectivity index (χ1n) is 7.56. The number of ether oxygens (including phenoxy) is 3. The number of anilines is 1. The molecule has 9 heteroatoms. The molecule has 0 aliphatic carbocycles. The third-order valence-electron chi connectivity index (χ3n) is 3.54. The van der Waals surface area contributed by atoms with E-state index in [0.717, 1.165) is 5.56 Å². The molecule has 0 amide bonds. The Kier molecular flexibility index (Phi) is 5.08. The summed E-state index contributed by atoms with van der Waals surface area (Å²) in [4.78, 5) is 1.80. The van der Waals surface area contributed by atoms with E-state index >= 15 is 0 Å². The van der Waals surface area contributed by atoms with Crippen molar-refractivity contribution >= 4 is 23.0 Å². The third-order valence-corrected chi connectivity index (χ3v) is 3.96. The molecular formula is C17H15F3N2O3S. The van der Waals surface area contributed by atoms with Crippen LogP contribution in [0.25, 0.3) is 0 Å². The zero-order chi connectivity index (χ0) is 18.7. The standard InChI is InChI=1S/C17H15F3N2O3S/c1-22(9-11-2-7-14-15(8-11)24-10-23-14)16(26)21-12-3-5-13(6-4-12)25-17(18,19)20/h2-8H,9-10H2,1H3,(H,21,26). The van der Waals surface area contributed by atoms with Gasteiger partial charge >= 0.3 is 6.36 Å². The van der Waals surface area contributed by atoms with Crippen molar-refractivity contribution < 1.29 is 27.4 Å². The van der Waals surface area contributed by atoms with Crippen LogP contribution in [0, 0.1) is 0 Å². The predicted molar refractivity (Wildman–Crippen MR) is 93.4 cm³/mol. The molecule has 2 aromatic rings. The topological polar surface area (TPSA) is 43.0 Å². The van der Waals surface area contributed by atoms with E-state index < -0.39 is 6.36 Å². The van der Waals surface area contributed by atoms with Crippen molar-refractivity contribution in [2.75, 3.05) is 19.2 Å². The van der Waals surface area contributed by atoms with Gasteiger partial charge in [-0.2, -0.15) is 0 Å². The van der Waals surface area contributed by atoms with E-state index in [4.69, 9.17) is 21.7 Å². The molecule has 0 radical (unpaired) electrons. The van der Waals surface area contributed by atoms with Crippen molar-refractivity contribution in [3.05, 3.63) is 48.0 Å². The van der Waals surface area contributed by atoms with Gasteiger partial charge in [0.1, 0.15) is 5.75 Å². The van der Waals surface area contributed by atoms with Gasteiger partial charge in [0.15, 0.2) is 16.6 Å². The number of alkyl halides is 3. The van der Waals surface area contributed by atoms with Gasteiger partial charge in [0.25, 0.3) is 0 Å². The van der Waals surface area contributed by atoms with Crippen LogP contribution in [0.4, 0.5) is 18.9 Å². The van der Waals surface area contributed by atoms with Crippen LogP contribution in [-0.2, 0) is 6.54 Å². The Morgan fingerprint density at radius 1 is 1.15 bits per heavy atom. The quantitative estimate of drug-likeness (QED) is 0.800. The van der Waals surface area contributed by atoms with Crippen LogP contribution >= 0.6 is 12.2 Å². The number of hydrogen-bond donors (Lipinski definition) is 1. The zero-order valence-corrected chi connectivity index (χ0v) is 14.5. The third kappa shape index (κ3) is 4.69. The highest BCUT2D eigenvalue weighted by Crippen LogP contribution is 2.32. The minimum atomic E-state index is -4.71. The molecule has 0 spiro atoms. The smallest absolute Gasteiger partial charge is 0.454 e. The van der Waals surface area contributed by atoms with Crippen molar-refractivity contribution in [3.8, 4) is 17.2 Å². The Morgan fingerprint density at radius 3 is 2.54 bits per heavy atom. The highest BCUT2D eigenvalue weighted by atomic mass is 32.1. The molecule has 0 bridgehead atoms. The summed E-state index contributed by atoms with van der Waals surface area (Å²) in [5.74, 6) is 1.11. The SMILES string of the molecule is CN(Cc1ccc2c(c1)OCO2)C(=S)Nc1ccc(OC(F)(F)F)cc1. The van der Waals surface area contributed by atoms with E-state index in [1.807, 2.05) is 18.2 Å². The maximum absolute atomic E-state index is 12.2. The van der Waals surface area contributed by atoms with Gasteiger partial charge in [0.2, 0.25) is 6.79 Å². The summed E-state index contributed by atoms with van der Waals surface area (Å²) in [5, 5.41) is 3.39. The molecule has 0 unspecified atom stereocenters. The van der Waals surface area contributed by atoms with Crippen molar-refractivity contribution in [2.24, 2.45) is 0 Å². The Morgan fingerprint density at radius 2 is 1.85 bits per heavy atom.